The summed E-state index contributed by atoms with van der Waals surface area (Å²) in [6.07, 6.45) is 0. The Hall–Kier alpha value is -1.88. The van der Waals surface area contributed by atoms with Gasteiger partial charge in [-0.3, -0.25) is 9.59 Å². The zero-order valence-corrected chi connectivity index (χ0v) is 10.6. The third-order valence-electron chi connectivity index (χ3n) is 2.49. The SMILES string of the molecule is CC(C)[C@H](NC(=O)CN)C(=O)Nc1ccccc1. The van der Waals surface area contributed by atoms with E-state index >= 15 is 0 Å². The van der Waals surface area contributed by atoms with Gasteiger partial charge in [-0.2, -0.15) is 0 Å². The summed E-state index contributed by atoms with van der Waals surface area (Å²) in [5.74, 6) is -0.584. The van der Waals surface area contributed by atoms with Gasteiger partial charge in [0.25, 0.3) is 0 Å². The Morgan fingerprint density at radius 3 is 2.33 bits per heavy atom. The van der Waals surface area contributed by atoms with E-state index in [0.29, 0.717) is 5.69 Å². The van der Waals surface area contributed by atoms with E-state index in [4.69, 9.17) is 5.73 Å². The van der Waals surface area contributed by atoms with E-state index < -0.39 is 6.04 Å². The number of nitrogens with one attached hydrogen (secondary N) is 2. The number of hydrogen-bond acceptors (Lipinski definition) is 3. The third-order valence-corrected chi connectivity index (χ3v) is 2.49. The smallest absolute Gasteiger partial charge is 0.247 e. The highest BCUT2D eigenvalue weighted by molar-refractivity contribution is 5.97. The van der Waals surface area contributed by atoms with Crippen molar-refractivity contribution in [1.82, 2.24) is 5.32 Å². The molecule has 4 N–H and O–H groups in total. The zero-order valence-electron chi connectivity index (χ0n) is 10.6. The minimum Gasteiger partial charge on any atom is -0.343 e. The van der Waals surface area contributed by atoms with Crippen molar-refractivity contribution in [2.45, 2.75) is 19.9 Å². The molecule has 0 radical (unpaired) electrons. The minimum absolute atomic E-state index is 0.00999. The lowest BCUT2D eigenvalue weighted by molar-refractivity contribution is -0.126. The Bertz CT molecular complexity index is 404. The largest absolute Gasteiger partial charge is 0.343 e. The number of nitrogens with two attached hydrogens (primary N) is 1. The molecule has 0 saturated heterocycles. The first-order valence-corrected chi connectivity index (χ1v) is 5.90. The van der Waals surface area contributed by atoms with E-state index in [0.717, 1.165) is 0 Å². The molecule has 5 heteroatoms. The summed E-state index contributed by atoms with van der Waals surface area (Å²) in [6.45, 7) is 3.61. The van der Waals surface area contributed by atoms with Crippen molar-refractivity contribution in [1.29, 1.82) is 0 Å². The van der Waals surface area contributed by atoms with Crippen molar-refractivity contribution in [2.75, 3.05) is 11.9 Å². The van der Waals surface area contributed by atoms with Crippen LogP contribution in [0.25, 0.3) is 0 Å². The summed E-state index contributed by atoms with van der Waals surface area (Å²) in [6, 6.07) is 8.53. The van der Waals surface area contributed by atoms with Crippen LogP contribution in [0.5, 0.6) is 0 Å². The van der Waals surface area contributed by atoms with Gasteiger partial charge in [0.1, 0.15) is 6.04 Å². The predicted octanol–water partition coefficient (Wildman–Crippen LogP) is 0.725. The second-order valence-electron chi connectivity index (χ2n) is 4.35. The van der Waals surface area contributed by atoms with Crippen LogP contribution in [0.1, 0.15) is 13.8 Å². The number of para-hydroxylation sites is 1. The summed E-state index contributed by atoms with van der Waals surface area (Å²) in [7, 11) is 0. The number of hydrogen-bond donors (Lipinski definition) is 3. The average molecular weight is 249 g/mol. The van der Waals surface area contributed by atoms with Crippen LogP contribution in [0.4, 0.5) is 5.69 Å². The number of carbonyl (C=O) groups excluding carboxylic acids is 2. The number of amides is 2. The number of carbonyl (C=O) groups is 2. The highest BCUT2D eigenvalue weighted by Gasteiger charge is 2.23. The Morgan fingerprint density at radius 2 is 1.83 bits per heavy atom. The van der Waals surface area contributed by atoms with Gasteiger partial charge in [0.2, 0.25) is 11.8 Å². The lowest BCUT2D eigenvalue weighted by atomic mass is 10.0. The molecule has 1 rings (SSSR count). The van der Waals surface area contributed by atoms with Gasteiger partial charge in [-0.15, -0.1) is 0 Å². The van der Waals surface area contributed by atoms with Gasteiger partial charge < -0.3 is 16.4 Å². The molecule has 1 atom stereocenters. The second kappa shape index (κ2) is 6.76. The molecule has 1 aromatic carbocycles. The minimum atomic E-state index is -0.582. The maximum Gasteiger partial charge on any atom is 0.247 e. The molecule has 0 bridgehead atoms. The maximum absolute atomic E-state index is 12.0. The van der Waals surface area contributed by atoms with Gasteiger partial charge in [0.05, 0.1) is 6.54 Å². The molecule has 5 nitrogen and oxygen atoms in total. The first-order chi connectivity index (χ1) is 8.54. The molecule has 0 aliphatic carbocycles. The molecule has 18 heavy (non-hydrogen) atoms. The summed E-state index contributed by atoms with van der Waals surface area (Å²) >= 11 is 0. The Balaban J connectivity index is 2.68. The van der Waals surface area contributed by atoms with Crippen molar-refractivity contribution in [3.8, 4) is 0 Å². The van der Waals surface area contributed by atoms with Crippen LogP contribution in [0, 0.1) is 5.92 Å². The Kier molecular flexibility index (Phi) is 5.32. The lowest BCUT2D eigenvalue weighted by Gasteiger charge is -2.21. The molecule has 98 valence electrons. The van der Waals surface area contributed by atoms with Gasteiger partial charge in [-0.1, -0.05) is 32.0 Å². The van der Waals surface area contributed by atoms with Crippen molar-refractivity contribution in [2.24, 2.45) is 11.7 Å². The summed E-state index contributed by atoms with van der Waals surface area (Å²) in [4.78, 5) is 23.3. The van der Waals surface area contributed by atoms with Crippen molar-refractivity contribution < 1.29 is 9.59 Å². The quantitative estimate of drug-likeness (QED) is 0.719. The van der Waals surface area contributed by atoms with E-state index in [9.17, 15) is 9.59 Å². The molecule has 0 aliphatic heterocycles. The van der Waals surface area contributed by atoms with Crippen LogP contribution >= 0.6 is 0 Å². The van der Waals surface area contributed by atoms with E-state index in [1.165, 1.54) is 0 Å². The molecule has 0 unspecified atom stereocenters. The van der Waals surface area contributed by atoms with E-state index in [2.05, 4.69) is 10.6 Å². The topological polar surface area (TPSA) is 84.2 Å². The molecule has 0 spiro atoms. The summed E-state index contributed by atoms with van der Waals surface area (Å²) in [5, 5.41) is 5.37. The fourth-order valence-electron chi connectivity index (χ4n) is 1.51. The van der Waals surface area contributed by atoms with E-state index in [-0.39, 0.29) is 24.3 Å². The van der Waals surface area contributed by atoms with Gasteiger partial charge >= 0.3 is 0 Å². The monoisotopic (exact) mass is 249 g/mol. The van der Waals surface area contributed by atoms with Crippen molar-refractivity contribution in [3.63, 3.8) is 0 Å². The van der Waals surface area contributed by atoms with Gasteiger partial charge in [0.15, 0.2) is 0 Å². The first kappa shape index (κ1) is 14.2. The molecule has 0 fully saturated rings. The summed E-state index contributed by atoms with van der Waals surface area (Å²) in [5.41, 5.74) is 5.93. The van der Waals surface area contributed by atoms with Crippen LogP contribution in [-0.4, -0.2) is 24.4 Å². The highest BCUT2D eigenvalue weighted by Crippen LogP contribution is 2.09. The average Bonchev–Trinajstić information content (AvgIpc) is 2.36. The van der Waals surface area contributed by atoms with Crippen LogP contribution in [0.3, 0.4) is 0 Å². The molecular weight excluding hydrogens is 230 g/mol. The Labute approximate surface area is 107 Å². The molecule has 2 amide bonds. The van der Waals surface area contributed by atoms with Crippen LogP contribution in [0.2, 0.25) is 0 Å². The van der Waals surface area contributed by atoms with Crippen LogP contribution in [0.15, 0.2) is 30.3 Å². The number of rotatable bonds is 5. The predicted molar refractivity (Wildman–Crippen MR) is 70.9 cm³/mol. The van der Waals surface area contributed by atoms with E-state index in [1.54, 1.807) is 12.1 Å². The first-order valence-electron chi connectivity index (χ1n) is 5.90. The van der Waals surface area contributed by atoms with Gasteiger partial charge in [-0.25, -0.2) is 0 Å². The zero-order chi connectivity index (χ0) is 13.5. The van der Waals surface area contributed by atoms with E-state index in [1.807, 2.05) is 32.0 Å². The number of benzene rings is 1. The fraction of sp³-hybridized carbons (Fsp3) is 0.385. The molecule has 1 aromatic rings. The molecular formula is C13H19N3O2. The lowest BCUT2D eigenvalue weighted by Crippen LogP contribution is -2.48. The maximum atomic E-state index is 12.0. The standard InChI is InChI=1S/C13H19N3O2/c1-9(2)12(16-11(17)8-14)13(18)15-10-6-4-3-5-7-10/h3-7,9,12H,8,14H2,1-2H3,(H,15,18)(H,16,17)/t12-/m0/s1. The van der Waals surface area contributed by atoms with Gasteiger partial charge in [0, 0.05) is 5.69 Å². The highest BCUT2D eigenvalue weighted by atomic mass is 16.2. The van der Waals surface area contributed by atoms with Crippen molar-refractivity contribution in [3.05, 3.63) is 30.3 Å². The van der Waals surface area contributed by atoms with Crippen LogP contribution < -0.4 is 16.4 Å². The molecule has 0 aliphatic rings. The third kappa shape index (κ3) is 4.18. The fourth-order valence-corrected chi connectivity index (χ4v) is 1.51. The van der Waals surface area contributed by atoms with Gasteiger partial charge in [-0.05, 0) is 18.1 Å². The Morgan fingerprint density at radius 1 is 1.22 bits per heavy atom. The summed E-state index contributed by atoms with van der Waals surface area (Å²) < 4.78 is 0. The van der Waals surface area contributed by atoms with Crippen molar-refractivity contribution >= 4 is 17.5 Å². The van der Waals surface area contributed by atoms with Crippen LogP contribution in [-0.2, 0) is 9.59 Å². The molecule has 0 saturated carbocycles. The molecule has 0 aromatic heterocycles. The number of anilines is 1. The molecule has 0 heterocycles. The normalized spacial score (nSPS) is 12.0. The second-order valence-corrected chi connectivity index (χ2v) is 4.35.